The van der Waals surface area contributed by atoms with Crippen LogP contribution in [0.2, 0.25) is 0 Å². The SMILES string of the molecule is CN/C=C(\C=N)c1cc(-c2ccc(N3CCOC(C(=O)NC(C)C)C3)nc2)c2c(C#N)cnn2c1. The number of hydrogen-bond acceptors (Lipinski definition) is 8. The van der Waals surface area contributed by atoms with Gasteiger partial charge in [0.05, 0.1) is 30.4 Å². The Hall–Kier alpha value is -4.23. The standard InChI is InChI=1S/C25H28N8O2/c1-16(2)31-25(34)22-15-32(6-7-35-22)23-5-4-17(12-29-23)21-8-18(19(9-26)11-28-3)14-33-24(21)20(10-27)13-30-33/h4-5,8-9,11-14,16,22,26,28H,6-7,15H2,1-3H3,(H,31,34)/b19-11+,26-9?. The molecule has 1 aliphatic heterocycles. The minimum Gasteiger partial charge on any atom is -0.393 e. The Bertz CT molecular complexity index is 1300. The lowest BCUT2D eigenvalue weighted by Gasteiger charge is -2.33. The fourth-order valence-electron chi connectivity index (χ4n) is 4.07. The van der Waals surface area contributed by atoms with Gasteiger partial charge in [-0.1, -0.05) is 0 Å². The molecule has 0 saturated carbocycles. The Kier molecular flexibility index (Phi) is 7.08. The summed E-state index contributed by atoms with van der Waals surface area (Å²) in [6.45, 7) is 5.33. The summed E-state index contributed by atoms with van der Waals surface area (Å²) in [6, 6.07) is 8.04. The van der Waals surface area contributed by atoms with Gasteiger partial charge in [0, 0.05) is 66.7 Å². The minimum absolute atomic E-state index is 0.0458. The molecule has 4 heterocycles. The zero-order valence-corrected chi connectivity index (χ0v) is 19.9. The van der Waals surface area contributed by atoms with Gasteiger partial charge in [0.25, 0.3) is 5.91 Å². The molecule has 0 aromatic carbocycles. The third kappa shape index (κ3) is 5.00. The van der Waals surface area contributed by atoms with Crippen molar-refractivity contribution in [2.45, 2.75) is 26.0 Å². The molecule has 3 aromatic heterocycles. The van der Waals surface area contributed by atoms with Gasteiger partial charge in [-0.05, 0) is 32.0 Å². The van der Waals surface area contributed by atoms with Crippen molar-refractivity contribution < 1.29 is 9.53 Å². The Morgan fingerprint density at radius 1 is 1.37 bits per heavy atom. The molecule has 1 atom stereocenters. The molecule has 180 valence electrons. The average molecular weight is 473 g/mol. The van der Waals surface area contributed by atoms with Gasteiger partial charge < -0.3 is 25.7 Å². The van der Waals surface area contributed by atoms with Crippen LogP contribution in [0.3, 0.4) is 0 Å². The van der Waals surface area contributed by atoms with Crippen LogP contribution in [-0.2, 0) is 9.53 Å². The summed E-state index contributed by atoms with van der Waals surface area (Å²) in [4.78, 5) is 19.1. The van der Waals surface area contributed by atoms with E-state index >= 15 is 0 Å². The Labute approximate surface area is 203 Å². The topological polar surface area (TPSA) is 131 Å². The summed E-state index contributed by atoms with van der Waals surface area (Å²) >= 11 is 0. The summed E-state index contributed by atoms with van der Waals surface area (Å²) in [6.07, 6.45) is 7.54. The number of nitriles is 1. The zero-order chi connectivity index (χ0) is 24.9. The molecule has 1 aliphatic rings. The second-order valence-corrected chi connectivity index (χ2v) is 8.51. The van der Waals surface area contributed by atoms with Crippen molar-refractivity contribution in [2.24, 2.45) is 0 Å². The van der Waals surface area contributed by atoms with E-state index in [-0.39, 0.29) is 11.9 Å². The van der Waals surface area contributed by atoms with E-state index in [1.165, 1.54) is 12.4 Å². The van der Waals surface area contributed by atoms with Crippen molar-refractivity contribution in [2.75, 3.05) is 31.6 Å². The number of anilines is 1. The second kappa shape index (κ2) is 10.4. The Morgan fingerprint density at radius 3 is 2.86 bits per heavy atom. The van der Waals surface area contributed by atoms with Gasteiger partial charge in [-0.15, -0.1) is 0 Å². The quantitative estimate of drug-likeness (QED) is 0.449. The van der Waals surface area contributed by atoms with Gasteiger partial charge >= 0.3 is 0 Å². The first-order valence-corrected chi connectivity index (χ1v) is 11.4. The molecule has 0 radical (unpaired) electrons. The molecule has 0 aliphatic carbocycles. The minimum atomic E-state index is -0.549. The van der Waals surface area contributed by atoms with Crippen LogP contribution in [0.1, 0.15) is 25.0 Å². The van der Waals surface area contributed by atoms with Crippen molar-refractivity contribution in [1.82, 2.24) is 25.2 Å². The fourth-order valence-corrected chi connectivity index (χ4v) is 4.07. The number of aromatic nitrogens is 3. The molecule has 4 rings (SSSR count). The van der Waals surface area contributed by atoms with E-state index in [9.17, 15) is 10.1 Å². The maximum atomic E-state index is 12.4. The molecular weight excluding hydrogens is 444 g/mol. The van der Waals surface area contributed by atoms with Gasteiger partial charge in [0.2, 0.25) is 0 Å². The predicted molar refractivity (Wildman–Crippen MR) is 134 cm³/mol. The van der Waals surface area contributed by atoms with Gasteiger partial charge in [0.15, 0.2) is 6.10 Å². The van der Waals surface area contributed by atoms with Crippen LogP contribution in [0.4, 0.5) is 5.82 Å². The number of allylic oxidation sites excluding steroid dienone is 1. The summed E-state index contributed by atoms with van der Waals surface area (Å²) in [5.41, 5.74) is 4.19. The molecule has 10 heteroatoms. The number of carbonyl (C=O) groups is 1. The lowest BCUT2D eigenvalue weighted by molar-refractivity contribution is -0.133. The zero-order valence-electron chi connectivity index (χ0n) is 19.9. The molecule has 0 bridgehead atoms. The van der Waals surface area contributed by atoms with Gasteiger partial charge in [-0.3, -0.25) is 4.79 Å². The van der Waals surface area contributed by atoms with Crippen LogP contribution >= 0.6 is 0 Å². The number of rotatable bonds is 7. The summed E-state index contributed by atoms with van der Waals surface area (Å²) in [5.74, 6) is 0.623. The maximum Gasteiger partial charge on any atom is 0.251 e. The van der Waals surface area contributed by atoms with Gasteiger partial charge in [-0.2, -0.15) is 10.4 Å². The Morgan fingerprint density at radius 2 is 2.20 bits per heavy atom. The van der Waals surface area contributed by atoms with E-state index in [4.69, 9.17) is 10.1 Å². The first-order valence-electron chi connectivity index (χ1n) is 11.4. The number of ether oxygens (including phenoxy) is 1. The van der Waals surface area contributed by atoms with Crippen LogP contribution in [0.5, 0.6) is 0 Å². The van der Waals surface area contributed by atoms with Crippen molar-refractivity contribution in [3.8, 4) is 17.2 Å². The molecule has 10 nitrogen and oxygen atoms in total. The molecule has 3 N–H and O–H groups in total. The largest absolute Gasteiger partial charge is 0.393 e. The number of morpholine rings is 1. The molecule has 3 aromatic rings. The van der Waals surface area contributed by atoms with Crippen LogP contribution in [0, 0.1) is 16.7 Å². The maximum absolute atomic E-state index is 12.4. The normalized spacial score (nSPS) is 16.3. The third-order valence-electron chi connectivity index (χ3n) is 5.69. The monoisotopic (exact) mass is 472 g/mol. The molecule has 1 unspecified atom stereocenters. The van der Waals surface area contributed by atoms with Crippen molar-refractivity contribution >= 4 is 29.0 Å². The number of nitrogens with one attached hydrogen (secondary N) is 3. The van der Waals surface area contributed by atoms with Crippen LogP contribution in [-0.4, -0.2) is 65.6 Å². The average Bonchev–Trinajstić information content (AvgIpc) is 3.29. The van der Waals surface area contributed by atoms with E-state index in [0.29, 0.717) is 36.3 Å². The van der Waals surface area contributed by atoms with E-state index in [1.54, 1.807) is 30.2 Å². The van der Waals surface area contributed by atoms with Gasteiger partial charge in [-0.25, -0.2) is 9.50 Å². The number of amides is 1. The highest BCUT2D eigenvalue weighted by Crippen LogP contribution is 2.30. The summed E-state index contributed by atoms with van der Waals surface area (Å²) < 4.78 is 7.32. The lowest BCUT2D eigenvalue weighted by Crippen LogP contribution is -2.51. The smallest absolute Gasteiger partial charge is 0.251 e. The van der Waals surface area contributed by atoms with Crippen LogP contribution in [0.15, 0.2) is 43.0 Å². The number of pyridine rings is 2. The Balaban J connectivity index is 1.68. The van der Waals surface area contributed by atoms with E-state index in [2.05, 4.69) is 26.8 Å². The van der Waals surface area contributed by atoms with Crippen molar-refractivity contribution in [3.63, 3.8) is 0 Å². The van der Waals surface area contributed by atoms with Crippen LogP contribution < -0.4 is 15.5 Å². The summed E-state index contributed by atoms with van der Waals surface area (Å²) in [5, 5.41) is 27.6. The lowest BCUT2D eigenvalue weighted by atomic mass is 10.0. The fraction of sp³-hybridized carbons (Fsp3) is 0.320. The van der Waals surface area contributed by atoms with E-state index < -0.39 is 6.10 Å². The highest BCUT2D eigenvalue weighted by molar-refractivity contribution is 6.08. The molecule has 1 amide bonds. The first kappa shape index (κ1) is 23.9. The van der Waals surface area contributed by atoms with Crippen molar-refractivity contribution in [1.29, 1.82) is 10.7 Å². The molecule has 1 saturated heterocycles. The first-order chi connectivity index (χ1) is 16.9. The summed E-state index contributed by atoms with van der Waals surface area (Å²) in [7, 11) is 1.77. The highest BCUT2D eigenvalue weighted by Gasteiger charge is 2.27. The van der Waals surface area contributed by atoms with Crippen molar-refractivity contribution in [3.05, 3.63) is 54.1 Å². The van der Waals surface area contributed by atoms with Gasteiger partial charge in [0.1, 0.15) is 11.9 Å². The molecular formula is C25H28N8O2. The number of fused-ring (bicyclic) bond motifs is 1. The van der Waals surface area contributed by atoms with E-state index in [1.807, 2.05) is 36.9 Å². The molecule has 1 fully saturated rings. The number of carbonyl (C=O) groups excluding carboxylic acids is 1. The number of hydrogen-bond donors (Lipinski definition) is 3. The molecule has 0 spiro atoms. The molecule has 35 heavy (non-hydrogen) atoms. The van der Waals surface area contributed by atoms with Crippen LogP contribution in [0.25, 0.3) is 22.2 Å². The highest BCUT2D eigenvalue weighted by atomic mass is 16.5. The number of nitrogens with zero attached hydrogens (tertiary/aromatic N) is 5. The van der Waals surface area contributed by atoms with E-state index in [0.717, 1.165) is 22.5 Å². The second-order valence-electron chi connectivity index (χ2n) is 8.51. The predicted octanol–water partition coefficient (Wildman–Crippen LogP) is 2.21. The third-order valence-corrected chi connectivity index (χ3v) is 5.69.